The molecule has 3 heterocycles. The van der Waals surface area contributed by atoms with E-state index in [1.165, 1.54) is 6.20 Å². The Labute approximate surface area is 252 Å². The lowest BCUT2D eigenvalue weighted by atomic mass is 9.98. The lowest BCUT2D eigenvalue weighted by Gasteiger charge is -2.30. The molecule has 228 valence electrons. The fourth-order valence-electron chi connectivity index (χ4n) is 6.15. The van der Waals surface area contributed by atoms with Crippen molar-refractivity contribution in [2.24, 2.45) is 11.7 Å². The van der Waals surface area contributed by atoms with Gasteiger partial charge in [-0.25, -0.2) is 14.8 Å². The number of carbonyl (C=O) groups excluding carboxylic acids is 1. The second kappa shape index (κ2) is 14.3. The van der Waals surface area contributed by atoms with Gasteiger partial charge in [0.25, 0.3) is 0 Å². The van der Waals surface area contributed by atoms with Gasteiger partial charge in [0.2, 0.25) is 11.9 Å². The van der Waals surface area contributed by atoms with Crippen LogP contribution in [0.15, 0.2) is 54.7 Å². The summed E-state index contributed by atoms with van der Waals surface area (Å²) in [6.45, 7) is 3.25. The minimum Gasteiger partial charge on any atom is -0.496 e. The Bertz CT molecular complexity index is 1400. The molecule has 10 nitrogen and oxygen atoms in total. The Morgan fingerprint density at radius 3 is 2.65 bits per heavy atom. The van der Waals surface area contributed by atoms with E-state index in [0.717, 1.165) is 61.4 Å². The summed E-state index contributed by atoms with van der Waals surface area (Å²) in [6, 6.07) is 15.5. The summed E-state index contributed by atoms with van der Waals surface area (Å²) < 4.78 is 11.2. The number of anilines is 1. The summed E-state index contributed by atoms with van der Waals surface area (Å²) in [7, 11) is 1.63. The van der Waals surface area contributed by atoms with Gasteiger partial charge >= 0.3 is 5.97 Å². The zero-order chi connectivity index (χ0) is 30.2. The molecule has 0 bridgehead atoms. The van der Waals surface area contributed by atoms with Crippen molar-refractivity contribution in [3.8, 4) is 11.5 Å². The number of ether oxygens (including phenoxy) is 2. The first kappa shape index (κ1) is 30.3. The second-order valence-corrected chi connectivity index (χ2v) is 11.3. The molecule has 3 aromatic rings. The highest BCUT2D eigenvalue weighted by molar-refractivity contribution is 5.88. The summed E-state index contributed by atoms with van der Waals surface area (Å²) in [4.78, 5) is 39.0. The minimum atomic E-state index is -1.04. The number of likely N-dealkylation sites (tertiary alicyclic amines) is 1. The highest BCUT2D eigenvalue weighted by atomic mass is 16.5. The van der Waals surface area contributed by atoms with Crippen molar-refractivity contribution in [1.29, 1.82) is 0 Å². The topological polar surface area (TPSA) is 131 Å². The van der Waals surface area contributed by atoms with Crippen molar-refractivity contribution in [3.63, 3.8) is 0 Å². The molecule has 2 aromatic carbocycles. The Kier molecular flexibility index (Phi) is 10.1. The molecule has 2 fully saturated rings. The summed E-state index contributed by atoms with van der Waals surface area (Å²) in [5, 5.41) is 9.84. The van der Waals surface area contributed by atoms with Crippen LogP contribution in [0, 0.1) is 5.92 Å². The Hall–Kier alpha value is -4.18. The van der Waals surface area contributed by atoms with E-state index in [1.807, 2.05) is 53.4 Å². The van der Waals surface area contributed by atoms with E-state index in [9.17, 15) is 14.7 Å². The summed E-state index contributed by atoms with van der Waals surface area (Å²) >= 11 is 0. The van der Waals surface area contributed by atoms with Crippen LogP contribution in [0.2, 0.25) is 0 Å². The highest BCUT2D eigenvalue weighted by Crippen LogP contribution is 2.33. The van der Waals surface area contributed by atoms with E-state index in [-0.39, 0.29) is 17.5 Å². The third-order valence-corrected chi connectivity index (χ3v) is 8.44. The van der Waals surface area contributed by atoms with Crippen LogP contribution in [0.3, 0.4) is 0 Å². The van der Waals surface area contributed by atoms with Crippen LogP contribution in [0.4, 0.5) is 5.95 Å². The third-order valence-electron chi connectivity index (χ3n) is 8.44. The number of benzene rings is 2. The van der Waals surface area contributed by atoms with Crippen LogP contribution in [0.25, 0.3) is 0 Å². The zero-order valence-corrected chi connectivity index (χ0v) is 24.8. The number of para-hydroxylation sites is 1. The number of rotatable bonds is 12. The molecule has 3 N–H and O–H groups in total. The number of methoxy groups -OCH3 is 1. The minimum absolute atomic E-state index is 0.0569. The van der Waals surface area contributed by atoms with E-state index < -0.39 is 5.97 Å². The Morgan fingerprint density at radius 2 is 1.88 bits per heavy atom. The number of aryl methyl sites for hydroxylation is 2. The monoisotopic (exact) mass is 587 g/mol. The molecule has 2 aliphatic rings. The molecule has 43 heavy (non-hydrogen) atoms. The molecule has 0 spiro atoms. The molecule has 5 rings (SSSR count). The molecule has 10 heteroatoms. The summed E-state index contributed by atoms with van der Waals surface area (Å²) in [5.74, 6) is 1.40. The number of carboxylic acid groups (broad SMARTS) is 1. The lowest BCUT2D eigenvalue weighted by Crippen LogP contribution is -2.45. The smallest absolute Gasteiger partial charge is 0.339 e. The third kappa shape index (κ3) is 7.43. The number of nitrogens with two attached hydrogens (primary N) is 1. The molecule has 0 saturated carbocycles. The average Bonchev–Trinajstić information content (AvgIpc) is 3.34. The predicted molar refractivity (Wildman–Crippen MR) is 164 cm³/mol. The lowest BCUT2D eigenvalue weighted by molar-refractivity contribution is -0.132. The van der Waals surface area contributed by atoms with Gasteiger partial charge in [0, 0.05) is 31.4 Å². The van der Waals surface area contributed by atoms with Crippen LogP contribution < -0.4 is 20.1 Å². The van der Waals surface area contributed by atoms with Crippen LogP contribution in [-0.4, -0.2) is 77.8 Å². The van der Waals surface area contributed by atoms with Crippen LogP contribution in [-0.2, 0) is 24.1 Å². The number of carbonyl (C=O) groups is 2. The van der Waals surface area contributed by atoms with Crippen molar-refractivity contribution in [2.75, 3.05) is 44.8 Å². The van der Waals surface area contributed by atoms with Crippen molar-refractivity contribution in [3.05, 3.63) is 77.1 Å². The van der Waals surface area contributed by atoms with E-state index in [2.05, 4.69) is 9.88 Å². The highest BCUT2D eigenvalue weighted by Gasteiger charge is 2.40. The van der Waals surface area contributed by atoms with Gasteiger partial charge < -0.3 is 30.1 Å². The van der Waals surface area contributed by atoms with Gasteiger partial charge in [0.15, 0.2) is 0 Å². The van der Waals surface area contributed by atoms with Gasteiger partial charge in [-0.1, -0.05) is 36.8 Å². The fourth-order valence-corrected chi connectivity index (χ4v) is 6.15. The van der Waals surface area contributed by atoms with E-state index in [4.69, 9.17) is 20.2 Å². The molecule has 1 aromatic heterocycles. The molecule has 0 unspecified atom stereocenters. The van der Waals surface area contributed by atoms with Crippen LogP contribution in [0.1, 0.15) is 52.9 Å². The first-order valence-electron chi connectivity index (χ1n) is 15.1. The summed E-state index contributed by atoms with van der Waals surface area (Å²) in [6.07, 6.45) is 6.70. The van der Waals surface area contributed by atoms with Crippen molar-refractivity contribution < 1.29 is 24.2 Å². The normalized spacial score (nSPS) is 18.2. The van der Waals surface area contributed by atoms with Gasteiger partial charge in [-0.15, -0.1) is 0 Å². The molecule has 0 aliphatic carbocycles. The van der Waals surface area contributed by atoms with Crippen molar-refractivity contribution in [2.45, 2.75) is 51.0 Å². The van der Waals surface area contributed by atoms with Crippen LogP contribution in [0.5, 0.6) is 11.5 Å². The maximum absolute atomic E-state index is 13.6. The number of aromatic nitrogens is 2. The van der Waals surface area contributed by atoms with E-state index in [0.29, 0.717) is 56.5 Å². The van der Waals surface area contributed by atoms with E-state index in [1.54, 1.807) is 7.11 Å². The van der Waals surface area contributed by atoms with Gasteiger partial charge in [0.1, 0.15) is 11.5 Å². The number of carboxylic acids is 1. The van der Waals surface area contributed by atoms with Gasteiger partial charge in [-0.2, -0.15) is 0 Å². The van der Waals surface area contributed by atoms with Gasteiger partial charge in [-0.05, 0) is 68.3 Å². The molecule has 2 atom stereocenters. The zero-order valence-electron chi connectivity index (χ0n) is 24.8. The SMILES string of the molecule is COc1ccccc1CC(=O)N1CCCC[C@@H]2CN(c3ncc(C(=O)O)c(CCc4ccc(OCCCN)cc4)n3)C[C@H]21. The van der Waals surface area contributed by atoms with Crippen molar-refractivity contribution >= 4 is 17.8 Å². The van der Waals surface area contributed by atoms with Gasteiger partial charge in [0.05, 0.1) is 37.4 Å². The van der Waals surface area contributed by atoms with Crippen LogP contribution >= 0.6 is 0 Å². The maximum atomic E-state index is 13.6. The standard InChI is InChI=1S/C33H41N5O5/c1-42-30-9-3-2-7-24(30)19-31(39)38-17-5-4-8-25-21-37(22-29(25)38)33-35-20-27(32(40)41)28(36-33)15-12-23-10-13-26(14-11-23)43-18-6-16-34/h2-3,7,9-11,13-14,20,25,29H,4-6,8,12,15-19,21-22,34H2,1H3,(H,40,41)/t25-,29-/m1/s1. The number of hydrogen-bond acceptors (Lipinski definition) is 8. The second-order valence-electron chi connectivity index (χ2n) is 11.3. The fraction of sp³-hybridized carbons (Fsp3) is 0.455. The number of nitrogens with zero attached hydrogens (tertiary/aromatic N) is 4. The largest absolute Gasteiger partial charge is 0.496 e. The molecular formula is C33H41N5O5. The molecular weight excluding hydrogens is 546 g/mol. The Morgan fingerprint density at radius 1 is 1.07 bits per heavy atom. The maximum Gasteiger partial charge on any atom is 0.339 e. The number of fused-ring (bicyclic) bond motifs is 1. The summed E-state index contributed by atoms with van der Waals surface area (Å²) in [5.41, 5.74) is 8.11. The van der Waals surface area contributed by atoms with E-state index >= 15 is 0 Å². The number of amides is 1. The average molecular weight is 588 g/mol. The number of aromatic carboxylic acids is 1. The quantitative estimate of drug-likeness (QED) is 0.304. The van der Waals surface area contributed by atoms with Gasteiger partial charge in [-0.3, -0.25) is 4.79 Å². The molecule has 2 saturated heterocycles. The van der Waals surface area contributed by atoms with Crippen molar-refractivity contribution in [1.82, 2.24) is 14.9 Å². The molecule has 2 aliphatic heterocycles. The first-order chi connectivity index (χ1) is 21.0. The first-order valence-corrected chi connectivity index (χ1v) is 15.1. The Balaban J connectivity index is 1.28. The molecule has 0 radical (unpaired) electrons. The number of hydrogen-bond donors (Lipinski definition) is 2. The predicted octanol–water partition coefficient (Wildman–Crippen LogP) is 3.76. The molecule has 1 amide bonds.